The third-order valence-electron chi connectivity index (χ3n) is 3.30. The Morgan fingerprint density at radius 2 is 2.26 bits per heavy atom. The molecule has 0 unspecified atom stereocenters. The highest BCUT2D eigenvalue weighted by molar-refractivity contribution is 7.99. The number of tetrazole rings is 1. The molecule has 1 heterocycles. The first-order chi connectivity index (χ1) is 10.8. The van der Waals surface area contributed by atoms with Crippen LogP contribution in [-0.4, -0.2) is 49.4 Å². The van der Waals surface area contributed by atoms with Crippen LogP contribution in [0.5, 0.6) is 0 Å². The summed E-state index contributed by atoms with van der Waals surface area (Å²) in [5.74, 6) is -0.0510. The standard InChI is InChI=1S/C14H15ClN6OS/c1-14(2,9-16)20(3)12(22)8-23-13-17-18-19-21(13)11-6-4-5-10(15)7-11/h4-7H,8H2,1-3H3. The first-order valence-corrected chi connectivity index (χ1v) is 8.06. The molecule has 120 valence electrons. The van der Waals surface area contributed by atoms with Crippen LogP contribution in [0.15, 0.2) is 29.4 Å². The van der Waals surface area contributed by atoms with E-state index in [2.05, 4.69) is 21.6 Å². The van der Waals surface area contributed by atoms with Crippen LogP contribution in [-0.2, 0) is 4.79 Å². The van der Waals surface area contributed by atoms with Crippen molar-refractivity contribution in [3.05, 3.63) is 29.3 Å². The van der Waals surface area contributed by atoms with E-state index >= 15 is 0 Å². The number of hydrogen-bond acceptors (Lipinski definition) is 6. The van der Waals surface area contributed by atoms with Gasteiger partial charge in [-0.05, 0) is 42.5 Å². The molecular weight excluding hydrogens is 336 g/mol. The van der Waals surface area contributed by atoms with Gasteiger partial charge >= 0.3 is 0 Å². The number of hydrogen-bond donors (Lipinski definition) is 0. The minimum absolute atomic E-state index is 0.128. The molecule has 1 amide bonds. The maximum Gasteiger partial charge on any atom is 0.234 e. The zero-order valence-electron chi connectivity index (χ0n) is 12.9. The van der Waals surface area contributed by atoms with Crippen LogP contribution in [0.2, 0.25) is 5.02 Å². The number of aromatic nitrogens is 4. The molecule has 0 aliphatic rings. The molecule has 0 bridgehead atoms. The summed E-state index contributed by atoms with van der Waals surface area (Å²) < 4.78 is 1.51. The quantitative estimate of drug-likeness (QED) is 0.768. The average Bonchev–Trinajstić information content (AvgIpc) is 3.00. The third kappa shape index (κ3) is 4.00. The Bertz CT molecular complexity index is 754. The number of carbonyl (C=O) groups is 1. The van der Waals surface area contributed by atoms with Gasteiger partial charge in [-0.15, -0.1) is 5.10 Å². The second-order valence-electron chi connectivity index (χ2n) is 5.27. The number of amides is 1. The summed E-state index contributed by atoms with van der Waals surface area (Å²) in [4.78, 5) is 13.6. The molecule has 0 fully saturated rings. The monoisotopic (exact) mass is 350 g/mol. The maximum atomic E-state index is 12.2. The largest absolute Gasteiger partial charge is 0.327 e. The number of carbonyl (C=O) groups excluding carboxylic acids is 1. The first kappa shape index (κ1) is 17.2. The molecule has 2 aromatic rings. The molecule has 0 N–H and O–H groups in total. The van der Waals surface area contributed by atoms with E-state index in [0.29, 0.717) is 15.9 Å². The van der Waals surface area contributed by atoms with E-state index in [1.807, 2.05) is 6.07 Å². The fraction of sp³-hybridized carbons (Fsp3) is 0.357. The van der Waals surface area contributed by atoms with Crippen molar-refractivity contribution in [2.45, 2.75) is 24.5 Å². The molecule has 2 rings (SSSR count). The number of thioether (sulfide) groups is 1. The minimum atomic E-state index is -0.865. The smallest absolute Gasteiger partial charge is 0.234 e. The molecule has 0 atom stereocenters. The van der Waals surface area contributed by atoms with E-state index in [0.717, 1.165) is 0 Å². The number of nitrogens with zero attached hydrogens (tertiary/aromatic N) is 6. The highest BCUT2D eigenvalue weighted by Crippen LogP contribution is 2.21. The van der Waals surface area contributed by atoms with Crippen molar-refractivity contribution in [1.29, 1.82) is 5.26 Å². The lowest BCUT2D eigenvalue weighted by atomic mass is 10.1. The summed E-state index contributed by atoms with van der Waals surface area (Å²) in [5, 5.41) is 21.6. The molecule has 1 aromatic carbocycles. The van der Waals surface area contributed by atoms with E-state index in [1.165, 1.54) is 21.3 Å². The summed E-state index contributed by atoms with van der Waals surface area (Å²) >= 11 is 7.17. The van der Waals surface area contributed by atoms with Gasteiger partial charge in [0.15, 0.2) is 0 Å². The predicted molar refractivity (Wildman–Crippen MR) is 87.4 cm³/mol. The lowest BCUT2D eigenvalue weighted by Gasteiger charge is -2.28. The summed E-state index contributed by atoms with van der Waals surface area (Å²) in [6, 6.07) is 9.19. The normalized spacial score (nSPS) is 11.1. The summed E-state index contributed by atoms with van der Waals surface area (Å²) in [6.07, 6.45) is 0. The Kier molecular flexibility index (Phi) is 5.23. The van der Waals surface area contributed by atoms with Crippen molar-refractivity contribution in [3.8, 4) is 11.8 Å². The highest BCUT2D eigenvalue weighted by Gasteiger charge is 2.27. The molecule has 0 aliphatic heterocycles. The second-order valence-corrected chi connectivity index (χ2v) is 6.64. The van der Waals surface area contributed by atoms with Crippen LogP contribution in [0.25, 0.3) is 5.69 Å². The van der Waals surface area contributed by atoms with E-state index in [4.69, 9.17) is 16.9 Å². The Balaban J connectivity index is 2.10. The van der Waals surface area contributed by atoms with Gasteiger partial charge in [0.2, 0.25) is 11.1 Å². The number of nitriles is 1. The van der Waals surface area contributed by atoms with E-state index < -0.39 is 5.54 Å². The number of rotatable bonds is 5. The number of benzene rings is 1. The fourth-order valence-electron chi connectivity index (χ4n) is 1.65. The molecule has 9 heteroatoms. The van der Waals surface area contributed by atoms with Gasteiger partial charge < -0.3 is 4.90 Å². The van der Waals surface area contributed by atoms with Crippen LogP contribution in [0.3, 0.4) is 0 Å². The zero-order valence-corrected chi connectivity index (χ0v) is 14.5. The van der Waals surface area contributed by atoms with Gasteiger partial charge in [-0.25, -0.2) is 0 Å². The van der Waals surface area contributed by atoms with E-state index in [1.54, 1.807) is 39.1 Å². The summed E-state index contributed by atoms with van der Waals surface area (Å²) in [7, 11) is 1.60. The molecule has 0 radical (unpaired) electrons. The van der Waals surface area contributed by atoms with Crippen molar-refractivity contribution in [2.24, 2.45) is 0 Å². The van der Waals surface area contributed by atoms with Crippen molar-refractivity contribution in [3.63, 3.8) is 0 Å². The van der Waals surface area contributed by atoms with Crippen LogP contribution in [0, 0.1) is 11.3 Å². The third-order valence-corrected chi connectivity index (χ3v) is 4.44. The molecular formula is C14H15ClN6OS. The van der Waals surface area contributed by atoms with Crippen LogP contribution in [0.1, 0.15) is 13.8 Å². The molecule has 7 nitrogen and oxygen atoms in total. The van der Waals surface area contributed by atoms with Crippen LogP contribution in [0.4, 0.5) is 0 Å². The van der Waals surface area contributed by atoms with Gasteiger partial charge in [-0.1, -0.05) is 29.4 Å². The molecule has 0 aliphatic carbocycles. The molecule has 23 heavy (non-hydrogen) atoms. The molecule has 1 aromatic heterocycles. The van der Waals surface area contributed by atoms with Gasteiger partial charge in [0, 0.05) is 12.1 Å². The lowest BCUT2D eigenvalue weighted by molar-refractivity contribution is -0.130. The average molecular weight is 351 g/mol. The summed E-state index contributed by atoms with van der Waals surface area (Å²) in [5.41, 5.74) is -0.153. The van der Waals surface area contributed by atoms with Crippen LogP contribution < -0.4 is 0 Å². The van der Waals surface area contributed by atoms with Gasteiger partial charge in [0.25, 0.3) is 0 Å². The van der Waals surface area contributed by atoms with Crippen molar-refractivity contribution >= 4 is 29.3 Å². The van der Waals surface area contributed by atoms with Gasteiger partial charge in [0.05, 0.1) is 17.5 Å². The molecule has 0 saturated heterocycles. The van der Waals surface area contributed by atoms with Crippen LogP contribution >= 0.6 is 23.4 Å². The predicted octanol–water partition coefficient (Wildman–Crippen LogP) is 2.17. The molecule has 0 spiro atoms. The van der Waals surface area contributed by atoms with Crippen molar-refractivity contribution in [1.82, 2.24) is 25.1 Å². The van der Waals surface area contributed by atoms with E-state index in [9.17, 15) is 4.79 Å². The van der Waals surface area contributed by atoms with Gasteiger partial charge in [-0.3, -0.25) is 4.79 Å². The van der Waals surface area contributed by atoms with Crippen molar-refractivity contribution in [2.75, 3.05) is 12.8 Å². The minimum Gasteiger partial charge on any atom is -0.327 e. The first-order valence-electron chi connectivity index (χ1n) is 6.70. The van der Waals surface area contributed by atoms with Crippen molar-refractivity contribution < 1.29 is 4.79 Å². The Labute approximate surface area is 143 Å². The Morgan fingerprint density at radius 3 is 2.91 bits per heavy atom. The lowest BCUT2D eigenvalue weighted by Crippen LogP contribution is -2.44. The van der Waals surface area contributed by atoms with E-state index in [-0.39, 0.29) is 11.7 Å². The zero-order chi connectivity index (χ0) is 17.0. The number of halogens is 1. The van der Waals surface area contributed by atoms with Gasteiger partial charge in [0.1, 0.15) is 5.54 Å². The summed E-state index contributed by atoms with van der Waals surface area (Å²) in [6.45, 7) is 3.37. The Hall–Kier alpha value is -2.11. The fourth-order valence-corrected chi connectivity index (χ4v) is 2.64. The van der Waals surface area contributed by atoms with Gasteiger partial charge in [-0.2, -0.15) is 9.94 Å². The second kappa shape index (κ2) is 6.98. The SMILES string of the molecule is CN(C(=O)CSc1nnnn1-c1cccc(Cl)c1)C(C)(C)C#N. The topological polar surface area (TPSA) is 87.7 Å². The highest BCUT2D eigenvalue weighted by atomic mass is 35.5. The molecule has 0 saturated carbocycles. The maximum absolute atomic E-state index is 12.2. The Morgan fingerprint density at radius 1 is 1.52 bits per heavy atom.